The van der Waals surface area contributed by atoms with E-state index in [1.807, 2.05) is 0 Å². The standard InChI is InChI=1S/C18H22N2O8/c1-2-27-18(26)9-7-10(17(25)20-6-4-3-5-11(9)20)19-16-15(24)14(23)13(22)12(8-21)28-16/h3-7,12-16,19,21-24H,2,8H2,1H3/t12-,13-,14+,15+,16?/m1/s1. The Labute approximate surface area is 159 Å². The van der Waals surface area contributed by atoms with Gasteiger partial charge in [0.05, 0.1) is 24.3 Å². The first kappa shape index (κ1) is 20.2. The quantitative estimate of drug-likeness (QED) is 0.389. The van der Waals surface area contributed by atoms with Gasteiger partial charge in [0.2, 0.25) is 0 Å². The van der Waals surface area contributed by atoms with Crippen LogP contribution in [0.5, 0.6) is 0 Å². The number of nitrogens with one attached hydrogen (secondary N) is 1. The van der Waals surface area contributed by atoms with E-state index in [-0.39, 0.29) is 17.9 Å². The molecule has 1 unspecified atom stereocenters. The van der Waals surface area contributed by atoms with E-state index < -0.39 is 48.8 Å². The Morgan fingerprint density at radius 3 is 2.68 bits per heavy atom. The zero-order chi connectivity index (χ0) is 20.4. The van der Waals surface area contributed by atoms with Crippen LogP contribution in [0.4, 0.5) is 5.69 Å². The molecule has 0 amide bonds. The van der Waals surface area contributed by atoms with Gasteiger partial charge >= 0.3 is 5.97 Å². The number of rotatable bonds is 5. The Morgan fingerprint density at radius 2 is 2.00 bits per heavy atom. The average Bonchev–Trinajstić information content (AvgIpc) is 2.70. The van der Waals surface area contributed by atoms with E-state index in [4.69, 9.17) is 9.47 Å². The lowest BCUT2D eigenvalue weighted by Crippen LogP contribution is -2.60. The fourth-order valence-corrected chi connectivity index (χ4v) is 3.10. The van der Waals surface area contributed by atoms with Crippen LogP contribution < -0.4 is 10.9 Å². The Morgan fingerprint density at radius 1 is 1.25 bits per heavy atom. The number of nitrogens with zero attached hydrogens (tertiary/aromatic N) is 1. The first-order valence-electron chi connectivity index (χ1n) is 8.77. The van der Waals surface area contributed by atoms with E-state index in [2.05, 4.69) is 5.32 Å². The average molecular weight is 394 g/mol. The lowest BCUT2D eigenvalue weighted by molar-refractivity contribution is -0.221. The van der Waals surface area contributed by atoms with E-state index in [1.165, 1.54) is 16.7 Å². The van der Waals surface area contributed by atoms with Gasteiger partial charge in [0.1, 0.15) is 30.1 Å². The van der Waals surface area contributed by atoms with Gasteiger partial charge < -0.3 is 35.2 Å². The van der Waals surface area contributed by atoms with Crippen molar-refractivity contribution in [3.63, 3.8) is 0 Å². The molecule has 0 spiro atoms. The summed E-state index contributed by atoms with van der Waals surface area (Å²) in [6.45, 7) is 1.20. The van der Waals surface area contributed by atoms with Gasteiger partial charge in [-0.05, 0) is 25.1 Å². The highest BCUT2D eigenvalue weighted by atomic mass is 16.6. The molecule has 3 heterocycles. The van der Waals surface area contributed by atoms with Crippen molar-refractivity contribution in [2.24, 2.45) is 0 Å². The summed E-state index contributed by atoms with van der Waals surface area (Å²) in [6, 6.07) is 6.14. The number of hydrogen-bond donors (Lipinski definition) is 5. The summed E-state index contributed by atoms with van der Waals surface area (Å²) in [6.07, 6.45) is -5.68. The van der Waals surface area contributed by atoms with Gasteiger partial charge in [-0.2, -0.15) is 0 Å². The maximum Gasteiger partial charge on any atom is 0.340 e. The zero-order valence-electron chi connectivity index (χ0n) is 15.1. The van der Waals surface area contributed by atoms with Crippen LogP contribution in [0.3, 0.4) is 0 Å². The van der Waals surface area contributed by atoms with Crippen LogP contribution in [0.25, 0.3) is 5.52 Å². The summed E-state index contributed by atoms with van der Waals surface area (Å²) in [5, 5.41) is 41.9. The maximum absolute atomic E-state index is 12.8. The lowest BCUT2D eigenvalue weighted by atomic mass is 9.98. The van der Waals surface area contributed by atoms with Crippen LogP contribution in [-0.2, 0) is 9.47 Å². The minimum atomic E-state index is -1.60. The van der Waals surface area contributed by atoms with Gasteiger partial charge in [-0.15, -0.1) is 0 Å². The van der Waals surface area contributed by atoms with Crippen molar-refractivity contribution in [2.45, 2.75) is 37.6 Å². The van der Waals surface area contributed by atoms with E-state index in [0.717, 1.165) is 0 Å². The van der Waals surface area contributed by atoms with Crippen LogP contribution >= 0.6 is 0 Å². The van der Waals surface area contributed by atoms with Crippen LogP contribution in [-0.4, -0.2) is 74.7 Å². The predicted molar refractivity (Wildman–Crippen MR) is 97.0 cm³/mol. The minimum Gasteiger partial charge on any atom is -0.462 e. The maximum atomic E-state index is 12.8. The van der Waals surface area contributed by atoms with Gasteiger partial charge in [-0.3, -0.25) is 9.20 Å². The highest BCUT2D eigenvalue weighted by Gasteiger charge is 2.43. The first-order chi connectivity index (χ1) is 13.4. The molecule has 152 valence electrons. The molecule has 2 aromatic heterocycles. The molecule has 0 saturated carbocycles. The van der Waals surface area contributed by atoms with Crippen molar-refractivity contribution >= 4 is 17.2 Å². The number of aromatic nitrogens is 1. The fraction of sp³-hybridized carbons (Fsp3) is 0.444. The summed E-state index contributed by atoms with van der Waals surface area (Å²) in [4.78, 5) is 25.1. The van der Waals surface area contributed by atoms with E-state index in [9.17, 15) is 30.0 Å². The zero-order valence-corrected chi connectivity index (χ0v) is 15.1. The molecule has 10 nitrogen and oxygen atoms in total. The Hall–Kier alpha value is -2.50. The smallest absolute Gasteiger partial charge is 0.340 e. The third-order valence-corrected chi connectivity index (χ3v) is 4.56. The van der Waals surface area contributed by atoms with Gasteiger partial charge in [-0.25, -0.2) is 4.79 Å². The Balaban J connectivity index is 2.02. The number of esters is 1. The third kappa shape index (κ3) is 3.60. The topological polar surface area (TPSA) is 150 Å². The molecule has 10 heteroatoms. The minimum absolute atomic E-state index is 0.0870. The summed E-state index contributed by atoms with van der Waals surface area (Å²) in [5.74, 6) is -0.636. The number of carbonyl (C=O) groups excluding carboxylic acids is 1. The second-order valence-corrected chi connectivity index (χ2v) is 6.35. The Bertz CT molecular complexity index is 912. The van der Waals surface area contributed by atoms with Crippen molar-refractivity contribution in [2.75, 3.05) is 18.5 Å². The number of aliphatic hydroxyl groups is 4. The molecule has 3 rings (SSSR count). The molecule has 5 N–H and O–H groups in total. The molecule has 0 bridgehead atoms. The number of ether oxygens (including phenoxy) is 2. The van der Waals surface area contributed by atoms with Crippen LogP contribution in [0, 0.1) is 0 Å². The molecule has 5 atom stereocenters. The van der Waals surface area contributed by atoms with E-state index in [1.54, 1.807) is 25.1 Å². The Kier molecular flexibility index (Phi) is 5.96. The van der Waals surface area contributed by atoms with Gasteiger partial charge in [0.25, 0.3) is 5.56 Å². The monoisotopic (exact) mass is 394 g/mol. The van der Waals surface area contributed by atoms with Crippen molar-refractivity contribution in [1.29, 1.82) is 0 Å². The molecule has 1 aliphatic rings. The molecule has 1 fully saturated rings. The SMILES string of the molecule is CCOC(=O)c1cc(NC2O[C@H](CO)[C@@H](O)[C@H](O)[C@@H]2O)c(=O)n2ccccc12. The predicted octanol–water partition coefficient (Wildman–Crippen LogP) is -1.31. The van der Waals surface area contributed by atoms with Crippen LogP contribution in [0.15, 0.2) is 35.3 Å². The normalized spacial score (nSPS) is 27.5. The molecule has 0 aliphatic carbocycles. The summed E-state index contributed by atoms with van der Waals surface area (Å²) in [7, 11) is 0. The molecule has 0 aromatic carbocycles. The fourth-order valence-electron chi connectivity index (χ4n) is 3.10. The number of pyridine rings is 2. The molecule has 28 heavy (non-hydrogen) atoms. The van der Waals surface area contributed by atoms with Crippen LogP contribution in [0.1, 0.15) is 17.3 Å². The lowest BCUT2D eigenvalue weighted by Gasteiger charge is -2.40. The third-order valence-electron chi connectivity index (χ3n) is 4.56. The first-order valence-corrected chi connectivity index (χ1v) is 8.77. The van der Waals surface area contributed by atoms with Crippen molar-refractivity contribution in [3.05, 3.63) is 46.4 Å². The van der Waals surface area contributed by atoms with Crippen molar-refractivity contribution in [1.82, 2.24) is 4.40 Å². The number of aliphatic hydroxyl groups excluding tert-OH is 4. The number of carbonyl (C=O) groups is 1. The highest BCUT2D eigenvalue weighted by molar-refractivity contribution is 5.98. The summed E-state index contributed by atoms with van der Waals surface area (Å²) in [5.41, 5.74) is -0.156. The molecular weight excluding hydrogens is 372 g/mol. The summed E-state index contributed by atoms with van der Waals surface area (Å²) >= 11 is 0. The highest BCUT2D eigenvalue weighted by Crippen LogP contribution is 2.23. The second-order valence-electron chi connectivity index (χ2n) is 6.35. The van der Waals surface area contributed by atoms with Crippen LogP contribution in [0.2, 0.25) is 0 Å². The van der Waals surface area contributed by atoms with Crippen molar-refractivity contribution in [3.8, 4) is 0 Å². The molecular formula is C18H22N2O8. The van der Waals surface area contributed by atoms with Gasteiger partial charge in [0, 0.05) is 6.20 Å². The second kappa shape index (κ2) is 8.25. The van der Waals surface area contributed by atoms with Crippen molar-refractivity contribution < 1.29 is 34.7 Å². The molecule has 2 aromatic rings. The molecule has 1 saturated heterocycles. The number of anilines is 1. The molecule has 0 radical (unpaired) electrons. The van der Waals surface area contributed by atoms with E-state index >= 15 is 0 Å². The van der Waals surface area contributed by atoms with E-state index in [0.29, 0.717) is 5.52 Å². The number of fused-ring (bicyclic) bond motifs is 1. The number of hydrogen-bond acceptors (Lipinski definition) is 9. The summed E-state index contributed by atoms with van der Waals surface area (Å²) < 4.78 is 11.6. The molecule has 1 aliphatic heterocycles. The van der Waals surface area contributed by atoms with Gasteiger partial charge in [0.15, 0.2) is 6.23 Å². The van der Waals surface area contributed by atoms with Gasteiger partial charge in [-0.1, -0.05) is 6.07 Å². The largest absolute Gasteiger partial charge is 0.462 e.